The average molecular weight is 260 g/mol. The molecule has 0 fully saturated rings. The molecule has 0 saturated carbocycles. The van der Waals surface area contributed by atoms with Crippen molar-refractivity contribution in [1.82, 2.24) is 20.1 Å². The molecule has 100 valence electrons. The Morgan fingerprint density at radius 3 is 2.63 bits per heavy atom. The SMILES string of the molecule is CCN(Cc1ccc(OC)cc1)C(=O)c1ncn[nH]1. The van der Waals surface area contributed by atoms with Crippen molar-refractivity contribution < 1.29 is 9.53 Å². The third kappa shape index (κ3) is 3.09. The molecule has 0 aliphatic rings. The van der Waals surface area contributed by atoms with Crippen LogP contribution in [0.3, 0.4) is 0 Å². The number of aromatic amines is 1. The van der Waals surface area contributed by atoms with Gasteiger partial charge in [0.1, 0.15) is 12.1 Å². The molecule has 1 amide bonds. The first kappa shape index (κ1) is 13.1. The van der Waals surface area contributed by atoms with Gasteiger partial charge in [-0.3, -0.25) is 9.89 Å². The predicted octanol–water partition coefficient (Wildman–Crippen LogP) is 1.48. The second-order valence-electron chi connectivity index (χ2n) is 4.00. The normalized spacial score (nSPS) is 10.2. The lowest BCUT2D eigenvalue weighted by Gasteiger charge is -2.19. The number of hydrogen-bond donors (Lipinski definition) is 1. The molecule has 6 nitrogen and oxygen atoms in total. The van der Waals surface area contributed by atoms with E-state index in [0.717, 1.165) is 11.3 Å². The number of hydrogen-bond acceptors (Lipinski definition) is 4. The van der Waals surface area contributed by atoms with Gasteiger partial charge in [-0.15, -0.1) is 0 Å². The number of rotatable bonds is 5. The molecule has 0 saturated heterocycles. The van der Waals surface area contributed by atoms with Gasteiger partial charge in [-0.05, 0) is 24.6 Å². The summed E-state index contributed by atoms with van der Waals surface area (Å²) >= 11 is 0. The van der Waals surface area contributed by atoms with Gasteiger partial charge in [0.05, 0.1) is 7.11 Å². The largest absolute Gasteiger partial charge is 0.497 e. The van der Waals surface area contributed by atoms with Gasteiger partial charge in [0, 0.05) is 13.1 Å². The Hall–Kier alpha value is -2.37. The first-order chi connectivity index (χ1) is 9.24. The van der Waals surface area contributed by atoms with Gasteiger partial charge < -0.3 is 9.64 Å². The summed E-state index contributed by atoms with van der Waals surface area (Å²) in [5.41, 5.74) is 1.04. The van der Waals surface area contributed by atoms with Gasteiger partial charge in [-0.25, -0.2) is 4.98 Å². The molecule has 0 bridgehead atoms. The topological polar surface area (TPSA) is 71.1 Å². The zero-order valence-electron chi connectivity index (χ0n) is 11.0. The van der Waals surface area contributed by atoms with Crippen LogP contribution in [-0.2, 0) is 6.54 Å². The van der Waals surface area contributed by atoms with Crippen molar-refractivity contribution in [3.8, 4) is 5.75 Å². The van der Waals surface area contributed by atoms with Gasteiger partial charge >= 0.3 is 0 Å². The van der Waals surface area contributed by atoms with Crippen LogP contribution < -0.4 is 4.74 Å². The van der Waals surface area contributed by atoms with Crippen molar-refractivity contribution in [2.75, 3.05) is 13.7 Å². The maximum absolute atomic E-state index is 12.1. The monoisotopic (exact) mass is 260 g/mol. The fourth-order valence-electron chi connectivity index (χ4n) is 1.74. The van der Waals surface area contributed by atoms with Gasteiger partial charge in [0.25, 0.3) is 5.91 Å². The number of aromatic nitrogens is 3. The summed E-state index contributed by atoms with van der Waals surface area (Å²) in [7, 11) is 1.63. The van der Waals surface area contributed by atoms with Crippen LogP contribution >= 0.6 is 0 Å². The smallest absolute Gasteiger partial charge is 0.291 e. The third-order valence-electron chi connectivity index (χ3n) is 2.82. The van der Waals surface area contributed by atoms with Gasteiger partial charge in [0.15, 0.2) is 0 Å². The van der Waals surface area contributed by atoms with E-state index in [4.69, 9.17) is 4.74 Å². The summed E-state index contributed by atoms with van der Waals surface area (Å²) in [4.78, 5) is 17.7. The van der Waals surface area contributed by atoms with E-state index in [-0.39, 0.29) is 11.7 Å². The van der Waals surface area contributed by atoms with Crippen molar-refractivity contribution in [3.63, 3.8) is 0 Å². The first-order valence-corrected chi connectivity index (χ1v) is 6.02. The molecule has 2 aromatic rings. The zero-order chi connectivity index (χ0) is 13.7. The third-order valence-corrected chi connectivity index (χ3v) is 2.82. The molecule has 2 rings (SSSR count). The van der Waals surface area contributed by atoms with Crippen LogP contribution in [0.2, 0.25) is 0 Å². The summed E-state index contributed by atoms with van der Waals surface area (Å²) in [6.07, 6.45) is 1.33. The van der Waals surface area contributed by atoms with E-state index in [9.17, 15) is 4.79 Å². The molecule has 0 spiro atoms. The number of carbonyl (C=O) groups is 1. The molecule has 1 N–H and O–H groups in total. The molecule has 0 unspecified atom stereocenters. The van der Waals surface area contributed by atoms with E-state index in [1.165, 1.54) is 6.33 Å². The van der Waals surface area contributed by atoms with E-state index in [0.29, 0.717) is 13.1 Å². The maximum atomic E-state index is 12.1. The standard InChI is InChI=1S/C13H16N4O2/c1-3-17(13(18)12-14-9-15-16-12)8-10-4-6-11(19-2)7-5-10/h4-7,9H,3,8H2,1-2H3,(H,14,15,16). The molecule has 0 aliphatic carbocycles. The highest BCUT2D eigenvalue weighted by Gasteiger charge is 2.16. The first-order valence-electron chi connectivity index (χ1n) is 6.02. The second-order valence-corrected chi connectivity index (χ2v) is 4.00. The van der Waals surface area contributed by atoms with E-state index >= 15 is 0 Å². The van der Waals surface area contributed by atoms with E-state index in [1.54, 1.807) is 12.0 Å². The fraction of sp³-hybridized carbons (Fsp3) is 0.308. The minimum absolute atomic E-state index is 0.157. The summed E-state index contributed by atoms with van der Waals surface area (Å²) in [5, 5.41) is 6.27. The number of carbonyl (C=O) groups excluding carboxylic acids is 1. The summed E-state index contributed by atoms with van der Waals surface area (Å²) < 4.78 is 5.10. The van der Waals surface area contributed by atoms with E-state index in [1.807, 2.05) is 31.2 Å². The second kappa shape index (κ2) is 5.99. The van der Waals surface area contributed by atoms with Crippen LogP contribution in [0.5, 0.6) is 5.75 Å². The summed E-state index contributed by atoms with van der Waals surface area (Å²) in [6, 6.07) is 7.63. The number of benzene rings is 1. The highest BCUT2D eigenvalue weighted by atomic mass is 16.5. The fourth-order valence-corrected chi connectivity index (χ4v) is 1.74. The summed E-state index contributed by atoms with van der Waals surface area (Å²) in [6.45, 7) is 3.06. The minimum Gasteiger partial charge on any atom is -0.497 e. The molecule has 0 aliphatic heterocycles. The van der Waals surface area contributed by atoms with Crippen molar-refractivity contribution in [2.24, 2.45) is 0 Å². The summed E-state index contributed by atoms with van der Waals surface area (Å²) in [5.74, 6) is 0.902. The number of nitrogens with zero attached hydrogens (tertiary/aromatic N) is 3. The Kier molecular flexibility index (Phi) is 4.12. The highest BCUT2D eigenvalue weighted by molar-refractivity contribution is 5.90. The Bertz CT molecular complexity index is 522. The number of ether oxygens (including phenoxy) is 1. The average Bonchev–Trinajstić information content (AvgIpc) is 2.99. The van der Waals surface area contributed by atoms with Crippen LogP contribution in [-0.4, -0.2) is 39.6 Å². The Balaban J connectivity index is 2.08. The number of H-pyrrole nitrogens is 1. The van der Waals surface area contributed by atoms with Crippen LogP contribution in [0, 0.1) is 0 Å². The molecule has 1 aromatic carbocycles. The van der Waals surface area contributed by atoms with Crippen LogP contribution in [0.15, 0.2) is 30.6 Å². The molecule has 0 atom stereocenters. The molecule has 1 heterocycles. The Morgan fingerprint density at radius 1 is 1.37 bits per heavy atom. The molecular weight excluding hydrogens is 244 g/mol. The van der Waals surface area contributed by atoms with E-state index < -0.39 is 0 Å². The lowest BCUT2D eigenvalue weighted by atomic mass is 10.2. The maximum Gasteiger partial charge on any atom is 0.291 e. The van der Waals surface area contributed by atoms with Crippen molar-refractivity contribution in [1.29, 1.82) is 0 Å². The zero-order valence-corrected chi connectivity index (χ0v) is 11.0. The lowest BCUT2D eigenvalue weighted by molar-refractivity contribution is 0.0740. The lowest BCUT2D eigenvalue weighted by Crippen LogP contribution is -2.31. The van der Waals surface area contributed by atoms with E-state index in [2.05, 4.69) is 15.2 Å². The molecule has 6 heteroatoms. The Morgan fingerprint density at radius 2 is 2.11 bits per heavy atom. The number of amides is 1. The molecular formula is C13H16N4O2. The Labute approximate surface area is 111 Å². The van der Waals surface area contributed by atoms with Crippen molar-refractivity contribution >= 4 is 5.91 Å². The van der Waals surface area contributed by atoms with Crippen molar-refractivity contribution in [2.45, 2.75) is 13.5 Å². The van der Waals surface area contributed by atoms with Crippen LogP contribution in [0.25, 0.3) is 0 Å². The molecule has 1 aromatic heterocycles. The van der Waals surface area contributed by atoms with Gasteiger partial charge in [-0.1, -0.05) is 12.1 Å². The number of methoxy groups -OCH3 is 1. The quantitative estimate of drug-likeness (QED) is 0.883. The number of nitrogens with one attached hydrogen (secondary N) is 1. The molecule has 19 heavy (non-hydrogen) atoms. The molecule has 0 radical (unpaired) electrons. The van der Waals surface area contributed by atoms with Crippen LogP contribution in [0.4, 0.5) is 0 Å². The predicted molar refractivity (Wildman–Crippen MR) is 69.8 cm³/mol. The van der Waals surface area contributed by atoms with Gasteiger partial charge in [-0.2, -0.15) is 5.10 Å². The van der Waals surface area contributed by atoms with Crippen LogP contribution in [0.1, 0.15) is 23.1 Å². The van der Waals surface area contributed by atoms with Gasteiger partial charge in [0.2, 0.25) is 5.82 Å². The van der Waals surface area contributed by atoms with Crippen molar-refractivity contribution in [3.05, 3.63) is 42.0 Å². The highest BCUT2D eigenvalue weighted by Crippen LogP contribution is 2.13. The minimum atomic E-state index is -0.157.